The third kappa shape index (κ3) is 8.75. The highest BCUT2D eigenvalue weighted by Gasteiger charge is 2.37. The number of hydrogen-bond donors (Lipinski definition) is 1. The first-order valence-electron chi connectivity index (χ1n) is 14.6. The lowest BCUT2D eigenvalue weighted by Crippen LogP contribution is -2.38. The van der Waals surface area contributed by atoms with Gasteiger partial charge in [0.25, 0.3) is 5.91 Å². The minimum Gasteiger partial charge on any atom is -0.492 e. The van der Waals surface area contributed by atoms with E-state index in [1.54, 1.807) is 12.1 Å². The molecule has 0 spiro atoms. The zero-order valence-electron chi connectivity index (χ0n) is 25.1. The highest BCUT2D eigenvalue weighted by atomic mass is 32.2. The van der Waals surface area contributed by atoms with Crippen LogP contribution in [0, 0.1) is 0 Å². The van der Waals surface area contributed by atoms with Crippen molar-refractivity contribution in [2.45, 2.75) is 18.8 Å². The highest BCUT2D eigenvalue weighted by molar-refractivity contribution is 8.26. The quantitative estimate of drug-likeness (QED) is 0.134. The molecule has 15 heteroatoms. The molecule has 254 valence electrons. The second-order valence-corrected chi connectivity index (χ2v) is 12.6. The molecule has 0 saturated carbocycles. The molecule has 0 aromatic heterocycles. The molecule has 2 aliphatic rings. The number of thiocarbonyl (C=S) groups is 1. The van der Waals surface area contributed by atoms with Crippen LogP contribution in [0.2, 0.25) is 0 Å². The fourth-order valence-electron chi connectivity index (χ4n) is 5.09. The molecule has 3 aromatic carbocycles. The van der Waals surface area contributed by atoms with Gasteiger partial charge >= 0.3 is 18.3 Å². The first-order valence-corrected chi connectivity index (χ1v) is 15.9. The number of benzene rings is 3. The summed E-state index contributed by atoms with van der Waals surface area (Å²) in [4.78, 5) is 28.3. The van der Waals surface area contributed by atoms with Crippen molar-refractivity contribution in [1.82, 2.24) is 9.80 Å². The molecule has 0 unspecified atom stereocenters. The molecule has 2 aliphatic heterocycles. The van der Waals surface area contributed by atoms with Gasteiger partial charge < -0.3 is 14.6 Å². The third-order valence-corrected chi connectivity index (χ3v) is 9.06. The van der Waals surface area contributed by atoms with Crippen molar-refractivity contribution in [2.24, 2.45) is 0 Å². The highest BCUT2D eigenvalue weighted by Crippen LogP contribution is 2.40. The van der Waals surface area contributed by atoms with E-state index in [9.17, 15) is 35.9 Å². The molecular formula is C33H28F6N2O5S2. The summed E-state index contributed by atoms with van der Waals surface area (Å²) in [7, 11) is 0. The van der Waals surface area contributed by atoms with Crippen molar-refractivity contribution in [3.63, 3.8) is 0 Å². The number of hydrogen-bond acceptors (Lipinski definition) is 7. The Morgan fingerprint density at radius 2 is 1.56 bits per heavy atom. The summed E-state index contributed by atoms with van der Waals surface area (Å²) in [6, 6.07) is 11.8. The van der Waals surface area contributed by atoms with Crippen molar-refractivity contribution in [3.05, 3.63) is 93.4 Å². The molecule has 0 radical (unpaired) electrons. The number of aromatic carboxylic acids is 1. The Morgan fingerprint density at radius 1 is 0.917 bits per heavy atom. The number of alkyl halides is 6. The molecule has 5 rings (SSSR count). The number of ether oxygens (including phenoxy) is 2. The summed E-state index contributed by atoms with van der Waals surface area (Å²) in [5, 5.41) is 9.11. The van der Waals surface area contributed by atoms with E-state index in [2.05, 4.69) is 4.90 Å². The Hall–Kier alpha value is -3.92. The number of halogens is 6. The van der Waals surface area contributed by atoms with Crippen LogP contribution in [0.25, 0.3) is 17.2 Å². The Morgan fingerprint density at radius 3 is 2.17 bits per heavy atom. The number of carboxylic acids is 1. The van der Waals surface area contributed by atoms with Crippen LogP contribution in [0.15, 0.2) is 65.6 Å². The molecule has 1 N–H and O–H groups in total. The van der Waals surface area contributed by atoms with Gasteiger partial charge in [-0.05, 0) is 71.7 Å². The topological polar surface area (TPSA) is 79.3 Å². The Balaban J connectivity index is 1.44. The molecule has 7 nitrogen and oxygen atoms in total. The maximum absolute atomic E-state index is 13.6. The number of carboxylic acid groups (broad SMARTS) is 1. The number of carbonyl (C=O) groups is 2. The average Bonchev–Trinajstić information content (AvgIpc) is 3.31. The normalized spacial score (nSPS) is 17.0. The summed E-state index contributed by atoms with van der Waals surface area (Å²) in [6.45, 7) is 3.53. The first-order chi connectivity index (χ1) is 22.7. The van der Waals surface area contributed by atoms with Crippen molar-refractivity contribution < 1.29 is 50.5 Å². The van der Waals surface area contributed by atoms with Gasteiger partial charge in [-0.2, -0.15) is 26.3 Å². The van der Waals surface area contributed by atoms with Crippen LogP contribution < -0.4 is 4.74 Å². The number of nitrogens with zero attached hydrogens (tertiary/aromatic N) is 2. The van der Waals surface area contributed by atoms with Crippen LogP contribution >= 0.6 is 24.0 Å². The minimum atomic E-state index is -5.02. The lowest BCUT2D eigenvalue weighted by atomic mass is 9.97. The van der Waals surface area contributed by atoms with E-state index in [1.807, 2.05) is 0 Å². The lowest BCUT2D eigenvalue weighted by Gasteiger charge is -2.26. The van der Waals surface area contributed by atoms with Crippen LogP contribution in [0.1, 0.15) is 32.6 Å². The van der Waals surface area contributed by atoms with Gasteiger partial charge in [-0.15, -0.1) is 0 Å². The van der Waals surface area contributed by atoms with Crippen LogP contribution in [-0.2, 0) is 28.3 Å². The van der Waals surface area contributed by atoms with Crippen molar-refractivity contribution in [3.8, 4) is 16.9 Å². The molecule has 0 atom stereocenters. The number of rotatable bonds is 10. The van der Waals surface area contributed by atoms with Gasteiger partial charge in [0, 0.05) is 31.7 Å². The molecule has 0 bridgehead atoms. The second kappa shape index (κ2) is 14.7. The van der Waals surface area contributed by atoms with E-state index >= 15 is 0 Å². The average molecular weight is 711 g/mol. The fourth-order valence-corrected chi connectivity index (χ4v) is 6.39. The number of thioether (sulfide) groups is 1. The van der Waals surface area contributed by atoms with Crippen LogP contribution in [0.5, 0.6) is 5.75 Å². The Bertz CT molecular complexity index is 1690. The van der Waals surface area contributed by atoms with Gasteiger partial charge in [0.15, 0.2) is 0 Å². The monoisotopic (exact) mass is 710 g/mol. The van der Waals surface area contributed by atoms with E-state index < -0.39 is 35.4 Å². The molecule has 2 fully saturated rings. The standard InChI is InChI=1S/C33H28F6N2O5S2/c34-32(35,36)25-16-23(17-26(19-25)33(37,38)39)22-5-6-27(46-14-11-40-9-12-45-13-10-40)24(15-22)18-28-29(42)41(31(47)48-28)8-7-20-1-3-21(4-2-20)30(43)44/h1-6,15-19H,7-14H2,(H,43,44). The van der Waals surface area contributed by atoms with E-state index in [1.165, 1.54) is 41.3 Å². The molecule has 0 aliphatic carbocycles. The summed E-state index contributed by atoms with van der Waals surface area (Å²) in [6.07, 6.45) is -8.20. The van der Waals surface area contributed by atoms with Crippen molar-refractivity contribution in [1.29, 1.82) is 0 Å². The van der Waals surface area contributed by atoms with Gasteiger partial charge in [0.1, 0.15) is 16.7 Å². The number of carbonyl (C=O) groups excluding carboxylic acids is 1. The summed E-state index contributed by atoms with van der Waals surface area (Å²) in [5.41, 5.74) is -1.98. The Kier molecular flexibility index (Phi) is 10.8. The predicted octanol–water partition coefficient (Wildman–Crippen LogP) is 7.24. The van der Waals surface area contributed by atoms with Crippen LogP contribution in [0.3, 0.4) is 0 Å². The second-order valence-electron chi connectivity index (χ2n) is 10.9. The number of morpholine rings is 1. The third-order valence-electron chi connectivity index (χ3n) is 7.68. The van der Waals surface area contributed by atoms with Crippen LogP contribution in [-0.4, -0.2) is 77.1 Å². The Labute approximate surface area is 281 Å². The maximum Gasteiger partial charge on any atom is 0.416 e. The van der Waals surface area contributed by atoms with Gasteiger partial charge in [0.05, 0.1) is 34.8 Å². The SMILES string of the molecule is O=C(O)c1ccc(CCN2C(=O)C(=Cc3cc(-c4cc(C(F)(F)F)cc(C(F)(F)F)c4)ccc3OCCN3CCOCC3)SC2=S)cc1. The predicted molar refractivity (Wildman–Crippen MR) is 172 cm³/mol. The summed E-state index contributed by atoms with van der Waals surface area (Å²) < 4.78 is 93.3. The van der Waals surface area contributed by atoms with Gasteiger partial charge in [-0.3, -0.25) is 14.6 Å². The zero-order valence-corrected chi connectivity index (χ0v) is 26.7. The number of amides is 1. The summed E-state index contributed by atoms with van der Waals surface area (Å²) in [5.74, 6) is -1.22. The largest absolute Gasteiger partial charge is 0.492 e. The van der Waals surface area contributed by atoms with E-state index in [0.717, 1.165) is 17.3 Å². The van der Waals surface area contributed by atoms with E-state index in [0.29, 0.717) is 51.4 Å². The molecule has 2 saturated heterocycles. The van der Waals surface area contributed by atoms with Gasteiger partial charge in [-0.25, -0.2) is 4.79 Å². The van der Waals surface area contributed by atoms with E-state index in [4.69, 9.17) is 26.8 Å². The fraction of sp³-hybridized carbons (Fsp3) is 0.303. The molecule has 2 heterocycles. The lowest BCUT2D eigenvalue weighted by molar-refractivity contribution is -0.143. The zero-order chi connectivity index (χ0) is 34.6. The maximum atomic E-state index is 13.6. The molecule has 48 heavy (non-hydrogen) atoms. The molecule has 1 amide bonds. The summed E-state index contributed by atoms with van der Waals surface area (Å²) >= 11 is 6.45. The van der Waals surface area contributed by atoms with Crippen molar-refractivity contribution >= 4 is 46.3 Å². The minimum absolute atomic E-state index is 0.0543. The van der Waals surface area contributed by atoms with Crippen molar-refractivity contribution in [2.75, 3.05) is 46.0 Å². The smallest absolute Gasteiger partial charge is 0.416 e. The van der Waals surface area contributed by atoms with Gasteiger partial charge in [-0.1, -0.05) is 42.2 Å². The van der Waals surface area contributed by atoms with E-state index in [-0.39, 0.29) is 56.4 Å². The van der Waals surface area contributed by atoms with Gasteiger partial charge in [0.2, 0.25) is 0 Å². The molecule has 3 aromatic rings. The first kappa shape index (κ1) is 35.4. The van der Waals surface area contributed by atoms with Crippen LogP contribution in [0.4, 0.5) is 26.3 Å². The molecular weight excluding hydrogens is 682 g/mol.